The van der Waals surface area contributed by atoms with E-state index in [1.807, 2.05) is 0 Å². The molecule has 0 saturated carbocycles. The summed E-state index contributed by atoms with van der Waals surface area (Å²) in [6.07, 6.45) is 1.69. The van der Waals surface area contributed by atoms with Gasteiger partial charge in [-0.1, -0.05) is 0 Å². The van der Waals surface area contributed by atoms with Crippen molar-refractivity contribution in [2.45, 2.75) is 26.2 Å². The second-order valence-corrected chi connectivity index (χ2v) is 8.57. The van der Waals surface area contributed by atoms with E-state index < -0.39 is 10.0 Å². The second-order valence-electron chi connectivity index (χ2n) is 6.48. The van der Waals surface area contributed by atoms with Crippen LogP contribution in [-0.2, 0) is 19.6 Å². The molecule has 0 spiro atoms. The molecule has 0 bridgehead atoms. The third kappa shape index (κ3) is 5.04. The summed E-state index contributed by atoms with van der Waals surface area (Å²) in [4.78, 5) is 11.9. The summed E-state index contributed by atoms with van der Waals surface area (Å²) in [5.74, 6) is 1.19. The number of sulfonamides is 1. The van der Waals surface area contributed by atoms with E-state index in [9.17, 15) is 13.2 Å². The summed E-state index contributed by atoms with van der Waals surface area (Å²) >= 11 is 0. The molecule has 27 heavy (non-hydrogen) atoms. The van der Waals surface area contributed by atoms with Gasteiger partial charge in [0.1, 0.15) is 5.75 Å². The van der Waals surface area contributed by atoms with Crippen molar-refractivity contribution in [3.8, 4) is 17.2 Å². The lowest BCUT2D eigenvalue weighted by Crippen LogP contribution is -2.43. The van der Waals surface area contributed by atoms with Crippen molar-refractivity contribution >= 4 is 16.0 Å². The molecule has 3 rings (SSSR count). The van der Waals surface area contributed by atoms with E-state index in [2.05, 4.69) is 0 Å². The zero-order chi connectivity index (χ0) is 19.3. The quantitative estimate of drug-likeness (QED) is 0.486. The SMILES string of the molecule is CCOC(=O)[C@@H]1CCCN(S(=O)(=O)CCCOc2ccc3c(c2)OCO3)C1. The number of esters is 1. The number of rotatable bonds is 8. The molecule has 2 heterocycles. The normalized spacial score (nSPS) is 19.7. The van der Waals surface area contributed by atoms with E-state index in [1.54, 1.807) is 25.1 Å². The van der Waals surface area contributed by atoms with Crippen LogP contribution in [0.5, 0.6) is 17.2 Å². The highest BCUT2D eigenvalue weighted by Crippen LogP contribution is 2.35. The average Bonchev–Trinajstić information content (AvgIpc) is 3.13. The molecule has 0 unspecified atom stereocenters. The number of ether oxygens (including phenoxy) is 4. The molecule has 0 radical (unpaired) electrons. The van der Waals surface area contributed by atoms with Gasteiger partial charge in [-0.15, -0.1) is 0 Å². The zero-order valence-corrected chi connectivity index (χ0v) is 16.2. The molecule has 1 fully saturated rings. The van der Waals surface area contributed by atoms with Crippen LogP contribution in [0.1, 0.15) is 26.2 Å². The van der Waals surface area contributed by atoms with Crippen LogP contribution in [0.4, 0.5) is 0 Å². The molecule has 1 saturated heterocycles. The largest absolute Gasteiger partial charge is 0.493 e. The van der Waals surface area contributed by atoms with Gasteiger partial charge < -0.3 is 18.9 Å². The molecule has 0 N–H and O–H groups in total. The number of piperidine rings is 1. The Morgan fingerprint density at radius 1 is 1.30 bits per heavy atom. The molecule has 1 atom stereocenters. The lowest BCUT2D eigenvalue weighted by Gasteiger charge is -2.30. The lowest BCUT2D eigenvalue weighted by molar-refractivity contribution is -0.149. The number of fused-ring (bicyclic) bond motifs is 1. The van der Waals surface area contributed by atoms with Gasteiger partial charge in [0.15, 0.2) is 11.5 Å². The van der Waals surface area contributed by atoms with Crippen LogP contribution in [0.15, 0.2) is 18.2 Å². The molecule has 150 valence electrons. The third-order valence-electron chi connectivity index (χ3n) is 4.56. The number of benzene rings is 1. The Balaban J connectivity index is 1.46. The van der Waals surface area contributed by atoms with Crippen LogP contribution in [-0.4, -0.2) is 57.5 Å². The van der Waals surface area contributed by atoms with Gasteiger partial charge in [0.2, 0.25) is 16.8 Å². The molecule has 1 aromatic carbocycles. The van der Waals surface area contributed by atoms with Crippen molar-refractivity contribution in [3.05, 3.63) is 18.2 Å². The minimum atomic E-state index is -3.43. The van der Waals surface area contributed by atoms with Gasteiger partial charge in [-0.2, -0.15) is 0 Å². The van der Waals surface area contributed by atoms with E-state index >= 15 is 0 Å². The van der Waals surface area contributed by atoms with Gasteiger partial charge >= 0.3 is 5.97 Å². The van der Waals surface area contributed by atoms with Crippen LogP contribution in [0.3, 0.4) is 0 Å². The molecule has 2 aliphatic rings. The smallest absolute Gasteiger partial charge is 0.310 e. The molecular weight excluding hydrogens is 374 g/mol. The van der Waals surface area contributed by atoms with Crippen LogP contribution in [0, 0.1) is 5.92 Å². The summed E-state index contributed by atoms with van der Waals surface area (Å²) in [5.41, 5.74) is 0. The number of carbonyl (C=O) groups is 1. The van der Waals surface area contributed by atoms with Crippen molar-refractivity contribution in [2.24, 2.45) is 5.92 Å². The maximum absolute atomic E-state index is 12.6. The van der Waals surface area contributed by atoms with Gasteiger partial charge in [0, 0.05) is 19.2 Å². The number of nitrogens with zero attached hydrogens (tertiary/aromatic N) is 1. The number of carbonyl (C=O) groups excluding carboxylic acids is 1. The highest BCUT2D eigenvalue weighted by Gasteiger charge is 2.32. The monoisotopic (exact) mass is 399 g/mol. The fourth-order valence-electron chi connectivity index (χ4n) is 3.17. The third-order valence-corrected chi connectivity index (χ3v) is 6.48. The molecular formula is C18H25NO7S. The Morgan fingerprint density at radius 2 is 2.11 bits per heavy atom. The van der Waals surface area contributed by atoms with Crippen LogP contribution >= 0.6 is 0 Å². The predicted molar refractivity (Wildman–Crippen MR) is 97.4 cm³/mol. The summed E-state index contributed by atoms with van der Waals surface area (Å²) in [6.45, 7) is 3.16. The van der Waals surface area contributed by atoms with Crippen molar-refractivity contribution < 1.29 is 32.2 Å². The van der Waals surface area contributed by atoms with Gasteiger partial charge in [-0.3, -0.25) is 4.79 Å². The van der Waals surface area contributed by atoms with E-state index in [-0.39, 0.29) is 37.6 Å². The highest BCUT2D eigenvalue weighted by atomic mass is 32.2. The standard InChI is InChI=1S/C18H25NO7S/c1-2-23-18(20)14-5-3-8-19(12-14)27(21,22)10-4-9-24-15-6-7-16-17(11-15)26-13-25-16/h6-7,11,14H,2-5,8-10,12-13H2,1H3/t14-/m1/s1. The molecule has 1 aromatic rings. The van der Waals surface area contributed by atoms with E-state index in [0.717, 1.165) is 0 Å². The molecule has 2 aliphatic heterocycles. The fourth-order valence-corrected chi connectivity index (χ4v) is 4.73. The topological polar surface area (TPSA) is 91.4 Å². The van der Waals surface area contributed by atoms with E-state index in [0.29, 0.717) is 49.7 Å². The van der Waals surface area contributed by atoms with Crippen LogP contribution in [0.25, 0.3) is 0 Å². The molecule has 8 nitrogen and oxygen atoms in total. The van der Waals surface area contributed by atoms with Gasteiger partial charge in [0.25, 0.3) is 0 Å². The molecule has 9 heteroatoms. The summed E-state index contributed by atoms with van der Waals surface area (Å²) < 4.78 is 47.7. The maximum atomic E-state index is 12.6. The Kier molecular flexibility index (Phi) is 6.43. The zero-order valence-electron chi connectivity index (χ0n) is 15.4. The first kappa shape index (κ1) is 19.8. The van der Waals surface area contributed by atoms with Gasteiger partial charge in [-0.25, -0.2) is 12.7 Å². The van der Waals surface area contributed by atoms with Crippen molar-refractivity contribution in [2.75, 3.05) is 38.8 Å². The van der Waals surface area contributed by atoms with Crippen LogP contribution < -0.4 is 14.2 Å². The summed E-state index contributed by atoms with van der Waals surface area (Å²) in [6, 6.07) is 5.25. The first-order valence-electron chi connectivity index (χ1n) is 9.16. The predicted octanol–water partition coefficient (Wildman–Crippen LogP) is 1.79. The lowest BCUT2D eigenvalue weighted by atomic mass is 10.0. The Hall–Kier alpha value is -2.00. The van der Waals surface area contributed by atoms with Crippen molar-refractivity contribution in [1.82, 2.24) is 4.31 Å². The van der Waals surface area contributed by atoms with E-state index in [1.165, 1.54) is 4.31 Å². The summed E-state index contributed by atoms with van der Waals surface area (Å²) in [7, 11) is -3.43. The highest BCUT2D eigenvalue weighted by molar-refractivity contribution is 7.89. The first-order valence-corrected chi connectivity index (χ1v) is 10.8. The molecule has 0 amide bonds. The first-order chi connectivity index (χ1) is 13.0. The minimum absolute atomic E-state index is 0.0207. The van der Waals surface area contributed by atoms with Gasteiger partial charge in [0.05, 0.1) is 24.9 Å². The van der Waals surface area contributed by atoms with E-state index in [4.69, 9.17) is 18.9 Å². The second kappa shape index (κ2) is 8.79. The fraction of sp³-hybridized carbons (Fsp3) is 0.611. The van der Waals surface area contributed by atoms with Gasteiger partial charge in [-0.05, 0) is 38.3 Å². The Bertz CT molecular complexity index is 765. The summed E-state index contributed by atoms with van der Waals surface area (Å²) in [5, 5.41) is 0. The Morgan fingerprint density at radius 3 is 2.93 bits per heavy atom. The van der Waals surface area contributed by atoms with Crippen molar-refractivity contribution in [1.29, 1.82) is 0 Å². The number of hydrogen-bond donors (Lipinski definition) is 0. The van der Waals surface area contributed by atoms with Crippen molar-refractivity contribution in [3.63, 3.8) is 0 Å². The Labute approximate surface area is 159 Å². The molecule has 0 aromatic heterocycles. The minimum Gasteiger partial charge on any atom is -0.493 e. The number of hydrogen-bond acceptors (Lipinski definition) is 7. The molecule has 0 aliphatic carbocycles. The van der Waals surface area contributed by atoms with Crippen LogP contribution in [0.2, 0.25) is 0 Å². The average molecular weight is 399 g/mol. The maximum Gasteiger partial charge on any atom is 0.310 e.